The third-order valence-electron chi connectivity index (χ3n) is 2.62. The summed E-state index contributed by atoms with van der Waals surface area (Å²) in [5, 5.41) is 4.19. The number of nitrogens with two attached hydrogens (primary N) is 1. The number of nitrogens with zero attached hydrogens (tertiary/aromatic N) is 2. The zero-order valence-electron chi connectivity index (χ0n) is 9.40. The van der Waals surface area contributed by atoms with Gasteiger partial charge in [-0.3, -0.25) is 4.68 Å². The van der Waals surface area contributed by atoms with E-state index in [2.05, 4.69) is 5.10 Å². The van der Waals surface area contributed by atoms with Crippen LogP contribution in [-0.4, -0.2) is 9.78 Å². The first-order valence-electron chi connectivity index (χ1n) is 5.25. The average Bonchev–Trinajstić information content (AvgIpc) is 2.72. The molecule has 1 unspecified atom stereocenters. The summed E-state index contributed by atoms with van der Waals surface area (Å²) < 4.78 is 14.9. The van der Waals surface area contributed by atoms with E-state index in [9.17, 15) is 4.39 Å². The smallest absolute Gasteiger partial charge is 0.142 e. The molecule has 0 aliphatic rings. The fourth-order valence-corrected chi connectivity index (χ4v) is 1.90. The van der Waals surface area contributed by atoms with Crippen LogP contribution in [0.15, 0.2) is 30.6 Å². The minimum atomic E-state index is -0.414. The van der Waals surface area contributed by atoms with E-state index in [1.807, 2.05) is 13.2 Å². The summed E-state index contributed by atoms with van der Waals surface area (Å²) >= 11 is 5.88. The third kappa shape index (κ3) is 2.65. The average molecular weight is 254 g/mol. The van der Waals surface area contributed by atoms with Gasteiger partial charge in [-0.25, -0.2) is 4.39 Å². The van der Waals surface area contributed by atoms with E-state index in [1.54, 1.807) is 23.0 Å². The molecule has 1 aromatic carbocycles. The molecule has 5 heteroatoms. The highest BCUT2D eigenvalue weighted by atomic mass is 35.5. The van der Waals surface area contributed by atoms with Crippen LogP contribution in [0.2, 0.25) is 5.02 Å². The molecule has 1 atom stereocenters. The Bertz CT molecular complexity index is 524. The monoisotopic (exact) mass is 253 g/mol. The van der Waals surface area contributed by atoms with Crippen molar-refractivity contribution in [2.24, 2.45) is 12.8 Å². The molecule has 0 fully saturated rings. The Balaban J connectivity index is 2.18. The Morgan fingerprint density at radius 1 is 1.53 bits per heavy atom. The van der Waals surface area contributed by atoms with Gasteiger partial charge in [0.25, 0.3) is 0 Å². The van der Waals surface area contributed by atoms with Crippen LogP contribution in [0.1, 0.15) is 17.2 Å². The van der Waals surface area contributed by atoms with Crippen molar-refractivity contribution < 1.29 is 4.39 Å². The zero-order chi connectivity index (χ0) is 12.4. The molecule has 0 saturated heterocycles. The zero-order valence-corrected chi connectivity index (χ0v) is 10.2. The Labute approximate surface area is 104 Å². The normalized spacial score (nSPS) is 12.7. The van der Waals surface area contributed by atoms with Gasteiger partial charge >= 0.3 is 0 Å². The Kier molecular flexibility index (Phi) is 3.45. The standard InChI is InChI=1S/C12H13ClFN3/c1-17-7-9(6-16-17)11(15)5-8-3-2-4-10(14)12(8)13/h2-4,6-7,11H,5,15H2,1H3. The van der Waals surface area contributed by atoms with Crippen LogP contribution in [-0.2, 0) is 13.5 Å². The van der Waals surface area contributed by atoms with Crippen LogP contribution >= 0.6 is 11.6 Å². The number of aryl methyl sites for hydroxylation is 1. The van der Waals surface area contributed by atoms with Gasteiger partial charge in [0, 0.05) is 24.8 Å². The van der Waals surface area contributed by atoms with Crippen molar-refractivity contribution in [1.29, 1.82) is 0 Å². The highest BCUT2D eigenvalue weighted by molar-refractivity contribution is 6.31. The molecule has 0 saturated carbocycles. The topological polar surface area (TPSA) is 43.8 Å². The van der Waals surface area contributed by atoms with E-state index >= 15 is 0 Å². The highest BCUT2D eigenvalue weighted by Gasteiger charge is 2.12. The first kappa shape index (κ1) is 12.1. The molecule has 3 nitrogen and oxygen atoms in total. The number of halogens is 2. The fourth-order valence-electron chi connectivity index (χ4n) is 1.69. The lowest BCUT2D eigenvalue weighted by Gasteiger charge is -2.11. The van der Waals surface area contributed by atoms with Gasteiger partial charge in [0.05, 0.1) is 11.2 Å². The summed E-state index contributed by atoms with van der Waals surface area (Å²) in [5.74, 6) is -0.414. The van der Waals surface area contributed by atoms with E-state index < -0.39 is 5.82 Å². The third-order valence-corrected chi connectivity index (χ3v) is 3.05. The van der Waals surface area contributed by atoms with Crippen LogP contribution < -0.4 is 5.73 Å². The van der Waals surface area contributed by atoms with Gasteiger partial charge < -0.3 is 5.73 Å². The molecule has 2 N–H and O–H groups in total. The van der Waals surface area contributed by atoms with Gasteiger partial charge in [-0.1, -0.05) is 23.7 Å². The molecule has 1 heterocycles. The van der Waals surface area contributed by atoms with Crippen LogP contribution in [0.5, 0.6) is 0 Å². The molecule has 2 aromatic rings. The maximum atomic E-state index is 13.2. The number of benzene rings is 1. The Morgan fingerprint density at radius 3 is 2.94 bits per heavy atom. The summed E-state index contributed by atoms with van der Waals surface area (Å²) in [5.41, 5.74) is 7.65. The maximum Gasteiger partial charge on any atom is 0.142 e. The predicted octanol–water partition coefficient (Wildman–Crippen LogP) is 2.46. The quantitative estimate of drug-likeness (QED) is 0.913. The largest absolute Gasteiger partial charge is 0.324 e. The molecule has 0 spiro atoms. The summed E-state index contributed by atoms with van der Waals surface area (Å²) in [6.07, 6.45) is 4.04. The lowest BCUT2D eigenvalue weighted by molar-refractivity contribution is 0.622. The Morgan fingerprint density at radius 2 is 2.29 bits per heavy atom. The minimum Gasteiger partial charge on any atom is -0.324 e. The molecule has 0 aliphatic carbocycles. The van der Waals surface area contributed by atoms with E-state index in [0.29, 0.717) is 12.0 Å². The second kappa shape index (κ2) is 4.85. The number of hydrogen-bond donors (Lipinski definition) is 1. The number of aromatic nitrogens is 2. The Hall–Kier alpha value is -1.39. The van der Waals surface area contributed by atoms with Crippen molar-refractivity contribution >= 4 is 11.6 Å². The van der Waals surface area contributed by atoms with Crippen LogP contribution in [0.4, 0.5) is 4.39 Å². The van der Waals surface area contributed by atoms with Crippen molar-refractivity contribution in [3.05, 3.63) is 52.6 Å². The molecule has 0 bridgehead atoms. The van der Waals surface area contributed by atoms with Crippen LogP contribution in [0.3, 0.4) is 0 Å². The molecule has 2 rings (SSSR count). The van der Waals surface area contributed by atoms with Crippen molar-refractivity contribution in [2.45, 2.75) is 12.5 Å². The predicted molar refractivity (Wildman–Crippen MR) is 65.3 cm³/mol. The summed E-state index contributed by atoms with van der Waals surface area (Å²) in [7, 11) is 1.82. The molecular formula is C12H13ClFN3. The lowest BCUT2D eigenvalue weighted by Crippen LogP contribution is -2.13. The van der Waals surface area contributed by atoms with Gasteiger partial charge in [0.15, 0.2) is 0 Å². The van der Waals surface area contributed by atoms with Crippen molar-refractivity contribution in [3.8, 4) is 0 Å². The SMILES string of the molecule is Cn1cc(C(N)Cc2cccc(F)c2Cl)cn1. The first-order chi connectivity index (χ1) is 8.08. The lowest BCUT2D eigenvalue weighted by atomic mass is 10.0. The van der Waals surface area contributed by atoms with Gasteiger partial charge in [0.2, 0.25) is 0 Å². The second-order valence-electron chi connectivity index (χ2n) is 3.97. The van der Waals surface area contributed by atoms with Crippen molar-refractivity contribution in [3.63, 3.8) is 0 Å². The summed E-state index contributed by atoms with van der Waals surface area (Å²) in [6, 6.07) is 4.51. The van der Waals surface area contributed by atoms with Gasteiger partial charge in [0.1, 0.15) is 5.82 Å². The second-order valence-corrected chi connectivity index (χ2v) is 4.35. The first-order valence-corrected chi connectivity index (χ1v) is 5.62. The van der Waals surface area contributed by atoms with Crippen LogP contribution in [0.25, 0.3) is 0 Å². The van der Waals surface area contributed by atoms with Gasteiger partial charge in [-0.2, -0.15) is 5.10 Å². The van der Waals surface area contributed by atoms with Crippen molar-refractivity contribution in [2.75, 3.05) is 0 Å². The molecule has 0 radical (unpaired) electrons. The summed E-state index contributed by atoms with van der Waals surface area (Å²) in [6.45, 7) is 0. The van der Waals surface area contributed by atoms with E-state index in [0.717, 1.165) is 5.56 Å². The maximum absolute atomic E-state index is 13.2. The van der Waals surface area contributed by atoms with E-state index in [4.69, 9.17) is 17.3 Å². The number of rotatable bonds is 3. The van der Waals surface area contributed by atoms with Gasteiger partial charge in [-0.05, 0) is 18.1 Å². The van der Waals surface area contributed by atoms with E-state index in [1.165, 1.54) is 6.07 Å². The molecule has 0 aliphatic heterocycles. The molecular weight excluding hydrogens is 241 g/mol. The summed E-state index contributed by atoms with van der Waals surface area (Å²) in [4.78, 5) is 0. The van der Waals surface area contributed by atoms with E-state index in [-0.39, 0.29) is 11.1 Å². The fraction of sp³-hybridized carbons (Fsp3) is 0.250. The molecule has 90 valence electrons. The molecule has 1 aromatic heterocycles. The van der Waals surface area contributed by atoms with Crippen LogP contribution in [0, 0.1) is 5.82 Å². The molecule has 17 heavy (non-hydrogen) atoms. The molecule has 0 amide bonds. The van der Waals surface area contributed by atoms with Crippen molar-refractivity contribution in [1.82, 2.24) is 9.78 Å². The minimum absolute atomic E-state index is 0.145. The van der Waals surface area contributed by atoms with Gasteiger partial charge in [-0.15, -0.1) is 0 Å². The highest BCUT2D eigenvalue weighted by Crippen LogP contribution is 2.24. The number of hydrogen-bond acceptors (Lipinski definition) is 2.